The van der Waals surface area contributed by atoms with Gasteiger partial charge in [0.05, 0.1) is 18.5 Å². The van der Waals surface area contributed by atoms with Gasteiger partial charge in [0.2, 0.25) is 0 Å². The molecule has 0 atom stereocenters. The average Bonchev–Trinajstić information content (AvgIpc) is 2.82. The van der Waals surface area contributed by atoms with E-state index in [2.05, 4.69) is 10.3 Å². The van der Waals surface area contributed by atoms with Gasteiger partial charge in [0.15, 0.2) is 0 Å². The molecule has 0 aliphatic heterocycles. The maximum Gasteiger partial charge on any atom is 0.401 e. The molecule has 0 aliphatic carbocycles. The van der Waals surface area contributed by atoms with Gasteiger partial charge in [-0.05, 0) is 27.2 Å². The van der Waals surface area contributed by atoms with Gasteiger partial charge in [0.25, 0.3) is 0 Å². The number of aromatic nitrogens is 2. The van der Waals surface area contributed by atoms with Crippen molar-refractivity contribution < 1.29 is 18.0 Å². The van der Waals surface area contributed by atoms with E-state index in [9.17, 15) is 13.2 Å². The maximum atomic E-state index is 12.4. The number of oxime groups is 1. The molecule has 0 unspecified atom stereocenters. The van der Waals surface area contributed by atoms with E-state index in [1.807, 2.05) is 6.20 Å². The van der Waals surface area contributed by atoms with Gasteiger partial charge in [0.1, 0.15) is 6.61 Å². The molecule has 1 aromatic rings. The van der Waals surface area contributed by atoms with Crippen molar-refractivity contribution in [1.82, 2.24) is 14.7 Å². The molecule has 0 saturated heterocycles. The van der Waals surface area contributed by atoms with E-state index in [4.69, 9.17) is 4.84 Å². The topological polar surface area (TPSA) is 42.6 Å². The lowest BCUT2D eigenvalue weighted by Crippen LogP contribution is -2.39. The van der Waals surface area contributed by atoms with Crippen LogP contribution in [0.2, 0.25) is 0 Å². The van der Waals surface area contributed by atoms with Crippen molar-refractivity contribution in [1.29, 1.82) is 0 Å². The number of nitrogens with zero attached hydrogens (tertiary/aromatic N) is 4. The normalized spacial score (nSPS) is 13.2. The van der Waals surface area contributed by atoms with Crippen molar-refractivity contribution in [2.24, 2.45) is 12.2 Å². The van der Waals surface area contributed by atoms with Crippen LogP contribution in [0, 0.1) is 0 Å². The van der Waals surface area contributed by atoms with Crippen LogP contribution < -0.4 is 0 Å². The third kappa shape index (κ3) is 6.93. The molecule has 0 radical (unpaired) electrons. The van der Waals surface area contributed by atoms with Crippen LogP contribution >= 0.6 is 0 Å². The van der Waals surface area contributed by atoms with Crippen molar-refractivity contribution in [3.05, 3.63) is 18.0 Å². The molecule has 1 aromatic heterocycles. The molecule has 0 spiro atoms. The lowest BCUT2D eigenvalue weighted by atomic mass is 10.2. The smallest absolute Gasteiger partial charge is 0.396 e. The number of hydrogen-bond acceptors (Lipinski definition) is 4. The van der Waals surface area contributed by atoms with Crippen LogP contribution in [-0.4, -0.2) is 52.3 Å². The third-order valence-electron chi connectivity index (χ3n) is 3.12. The first kappa shape index (κ1) is 18.5. The number of aryl methyl sites for hydroxylation is 1. The highest BCUT2D eigenvalue weighted by Crippen LogP contribution is 2.18. The number of hydrogen-bond donors (Lipinski definition) is 0. The number of rotatable bonds is 8. The summed E-state index contributed by atoms with van der Waals surface area (Å²) < 4.78 is 39.0. The molecular weight excluding hydrogens is 297 g/mol. The van der Waals surface area contributed by atoms with Crippen LogP contribution in [0.1, 0.15) is 32.8 Å². The van der Waals surface area contributed by atoms with E-state index < -0.39 is 12.7 Å². The Bertz CT molecular complexity index is 483. The van der Waals surface area contributed by atoms with Gasteiger partial charge in [-0.3, -0.25) is 9.58 Å². The second kappa shape index (κ2) is 8.17. The second-order valence-electron chi connectivity index (χ2n) is 5.45. The summed E-state index contributed by atoms with van der Waals surface area (Å²) in [5.74, 6) is 0. The van der Waals surface area contributed by atoms with Gasteiger partial charge in [-0.25, -0.2) is 0 Å². The summed E-state index contributed by atoms with van der Waals surface area (Å²) in [6.07, 6.45) is -0.212. The number of alkyl halides is 3. The Balaban J connectivity index is 2.34. The zero-order valence-corrected chi connectivity index (χ0v) is 13.4. The Morgan fingerprint density at radius 1 is 1.45 bits per heavy atom. The lowest BCUT2D eigenvalue weighted by Gasteiger charge is -2.27. The van der Waals surface area contributed by atoms with Crippen LogP contribution in [0.4, 0.5) is 13.2 Å². The van der Waals surface area contributed by atoms with Gasteiger partial charge in [-0.2, -0.15) is 18.3 Å². The first-order valence-electron chi connectivity index (χ1n) is 7.15. The minimum Gasteiger partial charge on any atom is -0.396 e. The Morgan fingerprint density at radius 2 is 2.14 bits per heavy atom. The van der Waals surface area contributed by atoms with Crippen molar-refractivity contribution >= 4 is 5.71 Å². The van der Waals surface area contributed by atoms with E-state index in [1.165, 1.54) is 4.90 Å². The maximum absolute atomic E-state index is 12.4. The summed E-state index contributed by atoms with van der Waals surface area (Å²) in [6, 6.07) is -0.165. The highest BCUT2D eigenvalue weighted by atomic mass is 19.4. The fraction of sp³-hybridized carbons (Fsp3) is 0.714. The number of halogens is 3. The van der Waals surface area contributed by atoms with Crippen molar-refractivity contribution in [2.45, 2.75) is 39.4 Å². The molecule has 0 fully saturated rings. The first-order valence-corrected chi connectivity index (χ1v) is 7.15. The van der Waals surface area contributed by atoms with E-state index >= 15 is 0 Å². The predicted octanol–water partition coefficient (Wildman–Crippen LogP) is 2.82. The van der Waals surface area contributed by atoms with E-state index in [1.54, 1.807) is 38.7 Å². The minimum absolute atomic E-state index is 0.165. The Labute approximate surface area is 128 Å². The summed E-state index contributed by atoms with van der Waals surface area (Å²) >= 11 is 0. The second-order valence-corrected chi connectivity index (χ2v) is 5.45. The monoisotopic (exact) mass is 320 g/mol. The van der Waals surface area contributed by atoms with Gasteiger partial charge in [-0.1, -0.05) is 5.16 Å². The van der Waals surface area contributed by atoms with Gasteiger partial charge in [0, 0.05) is 31.4 Å². The summed E-state index contributed by atoms with van der Waals surface area (Å²) in [7, 11) is 1.80. The Kier molecular flexibility index (Phi) is 6.86. The van der Waals surface area contributed by atoms with Crippen molar-refractivity contribution in [3.63, 3.8) is 0 Å². The van der Waals surface area contributed by atoms with Crippen LogP contribution in [0.5, 0.6) is 0 Å². The molecular formula is C14H23F3N4O. The van der Waals surface area contributed by atoms with Gasteiger partial charge >= 0.3 is 6.18 Å². The van der Waals surface area contributed by atoms with E-state index in [-0.39, 0.29) is 12.6 Å². The molecule has 5 nitrogen and oxygen atoms in total. The van der Waals surface area contributed by atoms with Gasteiger partial charge < -0.3 is 4.84 Å². The molecule has 1 rings (SSSR count). The molecule has 8 heteroatoms. The zero-order chi connectivity index (χ0) is 16.8. The fourth-order valence-corrected chi connectivity index (χ4v) is 1.89. The molecule has 0 amide bonds. The molecule has 0 saturated carbocycles. The molecule has 0 aliphatic rings. The van der Waals surface area contributed by atoms with Crippen LogP contribution in [-0.2, 0) is 11.9 Å². The molecule has 22 heavy (non-hydrogen) atoms. The van der Waals surface area contributed by atoms with Crippen LogP contribution in [0.25, 0.3) is 0 Å². The SMILES string of the molecule is C/C(=N\OCCCN(CC(F)(F)F)C(C)C)c1cnn(C)c1. The van der Waals surface area contributed by atoms with Crippen LogP contribution in [0.3, 0.4) is 0 Å². The largest absolute Gasteiger partial charge is 0.401 e. The first-order chi connectivity index (χ1) is 10.2. The highest BCUT2D eigenvalue weighted by Gasteiger charge is 2.31. The third-order valence-corrected chi connectivity index (χ3v) is 3.12. The van der Waals surface area contributed by atoms with Gasteiger partial charge in [-0.15, -0.1) is 0 Å². The van der Waals surface area contributed by atoms with E-state index in [0.717, 1.165) is 5.56 Å². The standard InChI is InChI=1S/C14H23F3N4O/c1-11(2)21(10-14(15,16)17)6-5-7-22-19-12(3)13-8-18-20(4)9-13/h8-9,11H,5-7,10H2,1-4H3/b19-12+. The van der Waals surface area contributed by atoms with Crippen LogP contribution in [0.15, 0.2) is 17.5 Å². The zero-order valence-electron chi connectivity index (χ0n) is 13.4. The molecule has 1 heterocycles. The van der Waals surface area contributed by atoms with Crippen molar-refractivity contribution in [2.75, 3.05) is 19.7 Å². The van der Waals surface area contributed by atoms with E-state index in [0.29, 0.717) is 18.7 Å². The molecule has 126 valence electrons. The fourth-order valence-electron chi connectivity index (χ4n) is 1.89. The summed E-state index contributed by atoms with van der Waals surface area (Å²) in [5.41, 5.74) is 1.53. The lowest BCUT2D eigenvalue weighted by molar-refractivity contribution is -0.150. The summed E-state index contributed by atoms with van der Waals surface area (Å²) in [6.45, 7) is 4.98. The quantitative estimate of drug-likeness (QED) is 0.420. The Hall–Kier alpha value is -1.57. The predicted molar refractivity (Wildman–Crippen MR) is 78.8 cm³/mol. The van der Waals surface area contributed by atoms with Crippen molar-refractivity contribution in [3.8, 4) is 0 Å². The summed E-state index contributed by atoms with van der Waals surface area (Å²) in [5, 5.41) is 7.97. The minimum atomic E-state index is -4.18. The summed E-state index contributed by atoms with van der Waals surface area (Å²) in [4.78, 5) is 6.54. The average molecular weight is 320 g/mol. The molecule has 0 aromatic carbocycles. The molecule has 0 bridgehead atoms. The highest BCUT2D eigenvalue weighted by molar-refractivity contribution is 5.97. The Morgan fingerprint density at radius 3 is 2.64 bits per heavy atom. The molecule has 0 N–H and O–H groups in total.